The Labute approximate surface area is 245 Å². The number of halogens is 3. The Morgan fingerprint density at radius 2 is 1.70 bits per heavy atom. The molecule has 238 valence electrons. The van der Waals surface area contributed by atoms with Gasteiger partial charge in [-0.15, -0.1) is 13.2 Å². The fraction of sp³-hybridized carbons (Fsp3) is 0.667. The van der Waals surface area contributed by atoms with Crippen LogP contribution < -0.4 is 4.74 Å². The van der Waals surface area contributed by atoms with E-state index in [0.29, 0.717) is 11.4 Å². The van der Waals surface area contributed by atoms with E-state index in [1.54, 1.807) is 39.2 Å². The first-order valence-corrected chi connectivity index (χ1v) is 13.7. The van der Waals surface area contributed by atoms with Crippen molar-refractivity contribution in [2.75, 3.05) is 13.2 Å². The molecule has 0 bridgehead atoms. The van der Waals surface area contributed by atoms with Crippen molar-refractivity contribution in [1.82, 2.24) is 9.55 Å². The Bertz CT molecular complexity index is 1290. The Morgan fingerprint density at radius 3 is 2.35 bits per heavy atom. The fourth-order valence-electron chi connectivity index (χ4n) is 5.28. The van der Waals surface area contributed by atoms with Crippen LogP contribution in [0.15, 0.2) is 30.5 Å². The number of imidazole rings is 1. The zero-order chi connectivity index (χ0) is 31.2. The van der Waals surface area contributed by atoms with Crippen LogP contribution in [0.5, 0.6) is 5.75 Å². The lowest BCUT2D eigenvalue weighted by Crippen LogP contribution is -2.56. The molecule has 3 aliphatic rings. The van der Waals surface area contributed by atoms with Gasteiger partial charge in [0.1, 0.15) is 36.4 Å². The second kappa shape index (κ2) is 11.9. The number of alkyl halides is 3. The maximum Gasteiger partial charge on any atom is 0.573 e. The van der Waals surface area contributed by atoms with Gasteiger partial charge in [-0.1, -0.05) is 12.1 Å². The Hall–Kier alpha value is -2.86. The number of hydrogen-bond donors (Lipinski definition) is 0. The third-order valence-corrected chi connectivity index (χ3v) is 7.03. The van der Waals surface area contributed by atoms with Crippen molar-refractivity contribution in [3.63, 3.8) is 0 Å². The summed E-state index contributed by atoms with van der Waals surface area (Å²) in [6.07, 6.45) is -6.81. The van der Waals surface area contributed by atoms with Crippen molar-refractivity contribution in [3.05, 3.63) is 52.0 Å². The number of hydrogen-bond acceptors (Lipinski definition) is 11. The van der Waals surface area contributed by atoms with Crippen LogP contribution in [0.2, 0.25) is 0 Å². The summed E-state index contributed by atoms with van der Waals surface area (Å²) in [5.41, 5.74) is 0.581. The van der Waals surface area contributed by atoms with E-state index in [0.717, 1.165) is 0 Å². The van der Waals surface area contributed by atoms with E-state index in [1.807, 2.05) is 0 Å². The summed E-state index contributed by atoms with van der Waals surface area (Å²) in [6.45, 7) is 9.11. The average Bonchev–Trinajstić information content (AvgIpc) is 3.53. The molecule has 0 radical (unpaired) electrons. The van der Waals surface area contributed by atoms with Gasteiger partial charge in [-0.2, -0.15) is 0 Å². The molecule has 2 aromatic rings. The zero-order valence-corrected chi connectivity index (χ0v) is 24.2. The molecule has 43 heavy (non-hydrogen) atoms. The molecule has 1 aromatic carbocycles. The molecule has 1 aromatic heterocycles. The molecule has 16 heteroatoms. The Morgan fingerprint density at radius 1 is 1.05 bits per heavy atom. The van der Waals surface area contributed by atoms with Gasteiger partial charge in [-0.25, -0.2) is 0 Å². The summed E-state index contributed by atoms with van der Waals surface area (Å²) in [6, 6.07) is 5.27. The summed E-state index contributed by atoms with van der Waals surface area (Å²) < 4.78 is 85.5. The molecule has 3 fully saturated rings. The van der Waals surface area contributed by atoms with Gasteiger partial charge in [-0.3, -0.25) is 0 Å². The second-order valence-electron chi connectivity index (χ2n) is 11.4. The summed E-state index contributed by atoms with van der Waals surface area (Å²) in [5.74, 6) is -2.00. The van der Waals surface area contributed by atoms with Crippen LogP contribution in [0.3, 0.4) is 0 Å². The lowest BCUT2D eigenvalue weighted by molar-refractivity contribution is -0.389. The van der Waals surface area contributed by atoms with Gasteiger partial charge in [0.05, 0.1) is 32.5 Å². The van der Waals surface area contributed by atoms with E-state index in [-0.39, 0.29) is 37.9 Å². The average molecular weight is 618 g/mol. The van der Waals surface area contributed by atoms with Gasteiger partial charge in [0.25, 0.3) is 0 Å². The highest BCUT2D eigenvalue weighted by atomic mass is 19.4. The monoisotopic (exact) mass is 617 g/mol. The van der Waals surface area contributed by atoms with Crippen LogP contribution in [0.4, 0.5) is 19.0 Å². The number of fused-ring (bicyclic) bond motifs is 3. The third-order valence-electron chi connectivity index (χ3n) is 7.03. The predicted octanol–water partition coefficient (Wildman–Crippen LogP) is 4.00. The van der Waals surface area contributed by atoms with Crippen LogP contribution >= 0.6 is 0 Å². The normalized spacial score (nSPS) is 28.3. The number of nitrogens with zero attached hydrogens (tertiary/aromatic N) is 3. The van der Waals surface area contributed by atoms with Gasteiger partial charge in [-0.05, 0) is 55.3 Å². The van der Waals surface area contributed by atoms with E-state index >= 15 is 0 Å². The molecule has 0 amide bonds. The molecule has 6 atom stereocenters. The molecule has 0 saturated carbocycles. The number of rotatable bonds is 11. The lowest BCUT2D eigenvalue weighted by atomic mass is 9.99. The van der Waals surface area contributed by atoms with Gasteiger partial charge >= 0.3 is 12.2 Å². The van der Waals surface area contributed by atoms with Gasteiger partial charge in [0.15, 0.2) is 17.9 Å². The van der Waals surface area contributed by atoms with Crippen LogP contribution in [-0.2, 0) is 46.3 Å². The molecule has 0 N–H and O–H groups in total. The molecule has 13 nitrogen and oxygen atoms in total. The molecule has 4 heterocycles. The molecule has 0 aliphatic carbocycles. The van der Waals surface area contributed by atoms with Gasteiger partial charge < -0.3 is 52.6 Å². The smallest absolute Gasteiger partial charge is 0.406 e. The second-order valence-corrected chi connectivity index (χ2v) is 11.4. The third kappa shape index (κ3) is 7.81. The van der Waals surface area contributed by atoms with Crippen molar-refractivity contribution in [1.29, 1.82) is 0 Å². The van der Waals surface area contributed by atoms with E-state index < -0.39 is 59.7 Å². The lowest BCUT2D eigenvalue weighted by Gasteiger charge is -2.37. The summed E-state index contributed by atoms with van der Waals surface area (Å²) >= 11 is 0. The standard InChI is InChI=1S/C27H34F3N3O10/c1-15-31-20(33(34)35)11-32(15)10-18(37-12-16-6-8-17(9-7-16)39-27(28,29)30)13-36-14-19-21-22(41-25(2,3)40-21)23-24(38-19)43-26(4,5)42-23/h6-9,11,18-19,21-24H,10,12-14H2,1-5H3/t18?,19-,21+,22+,23-,24-/m1/s1. The molecule has 5 rings (SSSR count). The summed E-state index contributed by atoms with van der Waals surface area (Å²) in [5, 5.41) is 11.2. The number of aryl methyl sites for hydroxylation is 1. The van der Waals surface area contributed by atoms with Crippen LogP contribution in [0.1, 0.15) is 39.1 Å². The van der Waals surface area contributed by atoms with Crippen molar-refractivity contribution in [2.45, 2.75) is 103 Å². The summed E-state index contributed by atoms with van der Waals surface area (Å²) in [7, 11) is 0. The minimum absolute atomic E-state index is 0.0238. The van der Waals surface area contributed by atoms with Crippen molar-refractivity contribution < 1.29 is 56.0 Å². The van der Waals surface area contributed by atoms with Crippen LogP contribution in [0, 0.1) is 17.0 Å². The number of ether oxygens (including phenoxy) is 8. The largest absolute Gasteiger partial charge is 0.573 e. The topological polar surface area (TPSA) is 135 Å². The Balaban J connectivity index is 1.25. The highest BCUT2D eigenvalue weighted by Crippen LogP contribution is 2.44. The molecule has 1 unspecified atom stereocenters. The first-order chi connectivity index (χ1) is 20.1. The molecular formula is C27H34F3N3O10. The van der Waals surface area contributed by atoms with Crippen molar-refractivity contribution in [3.8, 4) is 5.75 Å². The predicted molar refractivity (Wildman–Crippen MR) is 139 cm³/mol. The summed E-state index contributed by atoms with van der Waals surface area (Å²) in [4.78, 5) is 14.6. The van der Waals surface area contributed by atoms with Gasteiger partial charge in [0.2, 0.25) is 5.82 Å². The van der Waals surface area contributed by atoms with Crippen LogP contribution in [-0.4, -0.2) is 82.4 Å². The highest BCUT2D eigenvalue weighted by Gasteiger charge is 2.60. The van der Waals surface area contributed by atoms with Crippen molar-refractivity contribution >= 4 is 5.82 Å². The fourth-order valence-corrected chi connectivity index (χ4v) is 5.28. The molecule has 0 spiro atoms. The number of benzene rings is 1. The first-order valence-electron chi connectivity index (χ1n) is 13.7. The van der Waals surface area contributed by atoms with E-state index in [2.05, 4.69) is 9.72 Å². The van der Waals surface area contributed by atoms with Crippen LogP contribution in [0.25, 0.3) is 0 Å². The minimum Gasteiger partial charge on any atom is -0.406 e. The Kier molecular flexibility index (Phi) is 8.74. The highest BCUT2D eigenvalue weighted by molar-refractivity contribution is 5.27. The van der Waals surface area contributed by atoms with Crippen molar-refractivity contribution in [2.24, 2.45) is 0 Å². The van der Waals surface area contributed by atoms with E-state index in [4.69, 9.17) is 33.2 Å². The van der Waals surface area contributed by atoms with E-state index in [1.165, 1.54) is 30.5 Å². The molecular weight excluding hydrogens is 583 g/mol. The SMILES string of the molecule is Cc1nc([N+](=O)[O-])cn1CC(COC[C@H]1O[C@@H]2OC(C)(C)O[C@@H]2[C@H]2OC(C)(C)O[C@H]21)OCc1ccc(OC(F)(F)F)cc1. The maximum absolute atomic E-state index is 12.5. The zero-order valence-electron chi connectivity index (χ0n) is 24.2. The first kappa shape index (κ1) is 31.6. The molecule has 3 aliphatic heterocycles. The molecule has 3 saturated heterocycles. The maximum atomic E-state index is 12.5. The quantitative estimate of drug-likeness (QED) is 0.268. The minimum atomic E-state index is -4.80. The van der Waals surface area contributed by atoms with Gasteiger partial charge in [0, 0.05) is 6.92 Å². The van der Waals surface area contributed by atoms with E-state index in [9.17, 15) is 23.3 Å². The number of aromatic nitrogens is 2. The number of nitro groups is 1.